The van der Waals surface area contributed by atoms with Crippen molar-refractivity contribution in [3.05, 3.63) is 16.7 Å². The number of ether oxygens (including phenoxy) is 1. The maximum Gasteiger partial charge on any atom is 0.280 e. The lowest BCUT2D eigenvalue weighted by atomic mass is 9.91. The Morgan fingerprint density at radius 3 is 3.19 bits per heavy atom. The molecule has 112 valence electrons. The van der Waals surface area contributed by atoms with Gasteiger partial charge in [-0.1, -0.05) is 0 Å². The molecular formula is C12H15N5O4. The van der Waals surface area contributed by atoms with Crippen molar-refractivity contribution >= 4 is 17.1 Å². The molecule has 5 N–H and O–H groups in total. The number of aromatic amines is 1. The van der Waals surface area contributed by atoms with E-state index in [4.69, 9.17) is 10.5 Å². The molecule has 9 heteroatoms. The number of nitrogen functional groups attached to an aromatic ring is 1. The van der Waals surface area contributed by atoms with Crippen LogP contribution in [0.15, 0.2) is 11.1 Å². The third-order valence-electron chi connectivity index (χ3n) is 4.57. The summed E-state index contributed by atoms with van der Waals surface area (Å²) in [5.41, 5.74) is 4.41. The Balaban J connectivity index is 1.89. The molecule has 0 radical (unpaired) electrons. The quantitative estimate of drug-likeness (QED) is 0.495. The van der Waals surface area contributed by atoms with Crippen LogP contribution in [0.1, 0.15) is 12.5 Å². The van der Waals surface area contributed by atoms with Gasteiger partial charge in [-0.05, 0) is 6.42 Å². The zero-order chi connectivity index (χ0) is 14.8. The third-order valence-corrected chi connectivity index (χ3v) is 4.57. The van der Waals surface area contributed by atoms with Crippen LogP contribution < -0.4 is 11.3 Å². The van der Waals surface area contributed by atoms with E-state index < -0.39 is 23.3 Å². The topological polar surface area (TPSA) is 139 Å². The second kappa shape index (κ2) is 4.03. The molecule has 2 aromatic rings. The van der Waals surface area contributed by atoms with E-state index in [0.717, 1.165) is 0 Å². The van der Waals surface area contributed by atoms with E-state index in [1.807, 2.05) is 0 Å². The van der Waals surface area contributed by atoms with Crippen LogP contribution in [0.25, 0.3) is 11.2 Å². The molecule has 0 spiro atoms. The van der Waals surface area contributed by atoms with E-state index in [2.05, 4.69) is 15.0 Å². The van der Waals surface area contributed by atoms with Crippen molar-refractivity contribution in [1.82, 2.24) is 19.5 Å². The normalized spacial score (nSPS) is 35.4. The number of nitrogens with zero attached hydrogens (tertiary/aromatic N) is 3. The van der Waals surface area contributed by atoms with Gasteiger partial charge in [-0.3, -0.25) is 9.78 Å². The Hall–Kier alpha value is -1.97. The van der Waals surface area contributed by atoms with Gasteiger partial charge >= 0.3 is 0 Å². The number of hydrogen-bond acceptors (Lipinski definition) is 7. The van der Waals surface area contributed by atoms with Gasteiger partial charge in [0, 0.05) is 5.92 Å². The number of H-pyrrole nitrogens is 1. The highest BCUT2D eigenvalue weighted by Gasteiger charge is 2.58. The number of fused-ring (bicyclic) bond motifs is 2. The van der Waals surface area contributed by atoms with Crippen LogP contribution in [0, 0.1) is 5.92 Å². The molecule has 2 aromatic heterocycles. The first kappa shape index (κ1) is 12.7. The molecule has 1 aliphatic carbocycles. The smallest absolute Gasteiger partial charge is 0.280 e. The molecule has 4 atom stereocenters. The lowest BCUT2D eigenvalue weighted by molar-refractivity contribution is -0.0250. The zero-order valence-electron chi connectivity index (χ0n) is 11.1. The minimum atomic E-state index is -1.19. The van der Waals surface area contributed by atoms with Crippen molar-refractivity contribution in [2.45, 2.75) is 24.2 Å². The van der Waals surface area contributed by atoms with Gasteiger partial charge in [0.15, 0.2) is 11.2 Å². The van der Waals surface area contributed by atoms with E-state index in [-0.39, 0.29) is 24.0 Å². The van der Waals surface area contributed by atoms with E-state index in [9.17, 15) is 15.0 Å². The van der Waals surface area contributed by atoms with Crippen LogP contribution >= 0.6 is 0 Å². The molecule has 3 heterocycles. The van der Waals surface area contributed by atoms with Gasteiger partial charge in [0.1, 0.15) is 5.60 Å². The summed E-state index contributed by atoms with van der Waals surface area (Å²) in [5, 5.41) is 21.0. The summed E-state index contributed by atoms with van der Waals surface area (Å²) in [5.74, 6) is -0.363. The molecule has 4 unspecified atom stereocenters. The van der Waals surface area contributed by atoms with Gasteiger partial charge < -0.3 is 25.3 Å². The Morgan fingerprint density at radius 2 is 2.38 bits per heavy atom. The molecule has 1 aliphatic heterocycles. The number of nitrogens with one attached hydrogen (secondary N) is 1. The first-order chi connectivity index (χ1) is 10.0. The molecule has 1 saturated heterocycles. The summed E-state index contributed by atoms with van der Waals surface area (Å²) in [7, 11) is 0. The Kier molecular flexibility index (Phi) is 2.44. The van der Waals surface area contributed by atoms with E-state index in [1.165, 1.54) is 6.33 Å². The molecule has 9 nitrogen and oxygen atoms in total. The molecule has 0 amide bonds. The molecule has 2 fully saturated rings. The molecule has 2 aliphatic rings. The van der Waals surface area contributed by atoms with Crippen LogP contribution in [0.5, 0.6) is 0 Å². The summed E-state index contributed by atoms with van der Waals surface area (Å²) in [6.45, 7) is 0.453. The number of rotatable bonds is 1. The fourth-order valence-electron chi connectivity index (χ4n) is 3.51. The molecule has 1 saturated carbocycles. The molecule has 21 heavy (non-hydrogen) atoms. The van der Waals surface area contributed by atoms with Crippen molar-refractivity contribution < 1.29 is 14.9 Å². The average molecular weight is 293 g/mol. The lowest BCUT2D eigenvalue weighted by Crippen LogP contribution is -2.41. The minimum Gasteiger partial charge on any atom is -0.393 e. The van der Waals surface area contributed by atoms with Gasteiger partial charge in [0.25, 0.3) is 5.56 Å². The van der Waals surface area contributed by atoms with Gasteiger partial charge in [-0.2, -0.15) is 4.98 Å². The monoisotopic (exact) mass is 293 g/mol. The fraction of sp³-hybridized carbons (Fsp3) is 0.583. The molecule has 0 bridgehead atoms. The van der Waals surface area contributed by atoms with Crippen molar-refractivity contribution in [2.24, 2.45) is 5.92 Å². The number of aliphatic hydroxyl groups excluding tert-OH is 1. The number of aromatic nitrogens is 4. The van der Waals surface area contributed by atoms with E-state index >= 15 is 0 Å². The standard InChI is InChI=1S/C12H15N5O4/c13-11-15-9-8(10(19)16-11)14-4-17(9)7-1-6(18)5-2-21-3-12(5,7)20/h4-7,18,20H,1-3H2,(H3,13,15,16,19). The summed E-state index contributed by atoms with van der Waals surface area (Å²) < 4.78 is 6.93. The second-order valence-electron chi connectivity index (χ2n) is 5.71. The molecule has 0 aromatic carbocycles. The third kappa shape index (κ3) is 1.59. The van der Waals surface area contributed by atoms with E-state index in [1.54, 1.807) is 4.57 Å². The lowest BCUT2D eigenvalue weighted by Gasteiger charge is -2.28. The number of hydrogen-bond donors (Lipinski definition) is 4. The predicted molar refractivity (Wildman–Crippen MR) is 71.5 cm³/mol. The van der Waals surface area contributed by atoms with Crippen molar-refractivity contribution in [1.29, 1.82) is 0 Å². The summed E-state index contributed by atoms with van der Waals surface area (Å²) in [6, 6.07) is -0.460. The van der Waals surface area contributed by atoms with Crippen LogP contribution in [-0.2, 0) is 4.74 Å². The maximum absolute atomic E-state index is 11.8. The Bertz CT molecular complexity index is 771. The largest absolute Gasteiger partial charge is 0.393 e. The van der Waals surface area contributed by atoms with Gasteiger partial charge in [0.05, 0.1) is 31.7 Å². The van der Waals surface area contributed by atoms with Gasteiger partial charge in [-0.25, -0.2) is 4.98 Å². The minimum absolute atomic E-state index is 0.0148. The van der Waals surface area contributed by atoms with Crippen LogP contribution in [-0.4, -0.2) is 54.7 Å². The zero-order valence-corrected chi connectivity index (χ0v) is 11.1. The molecule has 4 rings (SSSR count). The highest BCUT2D eigenvalue weighted by Crippen LogP contribution is 2.48. The maximum atomic E-state index is 11.8. The predicted octanol–water partition coefficient (Wildman–Crippen LogP) is -1.61. The Morgan fingerprint density at radius 1 is 1.57 bits per heavy atom. The highest BCUT2D eigenvalue weighted by atomic mass is 16.5. The van der Waals surface area contributed by atoms with Crippen LogP contribution in [0.2, 0.25) is 0 Å². The number of aliphatic hydroxyl groups is 2. The SMILES string of the molecule is Nc1nc2c(ncn2C2CC(O)C3COCC32O)c(=O)[nH]1. The summed E-state index contributed by atoms with van der Waals surface area (Å²) in [4.78, 5) is 22.3. The van der Waals surface area contributed by atoms with Gasteiger partial charge in [-0.15, -0.1) is 0 Å². The van der Waals surface area contributed by atoms with E-state index in [0.29, 0.717) is 18.7 Å². The Labute approximate surface area is 118 Å². The highest BCUT2D eigenvalue weighted by molar-refractivity contribution is 5.70. The molecular weight excluding hydrogens is 278 g/mol. The van der Waals surface area contributed by atoms with Crippen molar-refractivity contribution in [2.75, 3.05) is 18.9 Å². The first-order valence-corrected chi connectivity index (χ1v) is 6.71. The van der Waals surface area contributed by atoms with Gasteiger partial charge in [0.2, 0.25) is 5.95 Å². The van der Waals surface area contributed by atoms with Crippen LogP contribution in [0.4, 0.5) is 5.95 Å². The fourth-order valence-corrected chi connectivity index (χ4v) is 3.51. The van der Waals surface area contributed by atoms with Crippen molar-refractivity contribution in [3.63, 3.8) is 0 Å². The first-order valence-electron chi connectivity index (χ1n) is 6.71. The second-order valence-corrected chi connectivity index (χ2v) is 5.71. The summed E-state index contributed by atoms with van der Waals surface area (Å²) >= 11 is 0. The average Bonchev–Trinajstić information content (AvgIpc) is 3.05. The number of anilines is 1. The summed E-state index contributed by atoms with van der Waals surface area (Å²) in [6.07, 6.45) is 1.13. The number of nitrogens with two attached hydrogens (primary N) is 1. The number of imidazole rings is 1. The van der Waals surface area contributed by atoms with Crippen LogP contribution in [0.3, 0.4) is 0 Å². The van der Waals surface area contributed by atoms with Crippen molar-refractivity contribution in [3.8, 4) is 0 Å².